The van der Waals surface area contributed by atoms with E-state index in [1.165, 1.54) is 30.3 Å². The standard InChI is InChI=1S/C16H16N4O6/c1-26-16(21)14-10-12(4-7-15(14)20(24)25)18-9-8-17-11-2-5-13(6-3-11)19(22)23/h2-7,10,17-18H,8-9H2,1H3. The van der Waals surface area contributed by atoms with Crippen LogP contribution < -0.4 is 10.6 Å². The maximum absolute atomic E-state index is 11.7. The molecule has 0 radical (unpaired) electrons. The first-order valence-corrected chi connectivity index (χ1v) is 7.51. The maximum atomic E-state index is 11.7. The first kappa shape index (κ1) is 18.6. The van der Waals surface area contributed by atoms with Crippen LogP contribution in [0.4, 0.5) is 22.7 Å². The summed E-state index contributed by atoms with van der Waals surface area (Å²) in [5, 5.41) is 27.7. The second-order valence-corrected chi connectivity index (χ2v) is 5.14. The zero-order chi connectivity index (χ0) is 19.1. The van der Waals surface area contributed by atoms with Gasteiger partial charge in [0.15, 0.2) is 0 Å². The summed E-state index contributed by atoms with van der Waals surface area (Å²) < 4.78 is 4.56. The van der Waals surface area contributed by atoms with E-state index in [4.69, 9.17) is 0 Å². The average molecular weight is 360 g/mol. The number of nitro benzene ring substituents is 2. The number of nitrogens with zero attached hydrogens (tertiary/aromatic N) is 2. The lowest BCUT2D eigenvalue weighted by Crippen LogP contribution is -2.14. The molecule has 2 N–H and O–H groups in total. The van der Waals surface area contributed by atoms with E-state index in [1.54, 1.807) is 12.1 Å². The Hall–Kier alpha value is -3.69. The van der Waals surface area contributed by atoms with Crippen molar-refractivity contribution in [2.45, 2.75) is 0 Å². The van der Waals surface area contributed by atoms with E-state index in [2.05, 4.69) is 15.4 Å². The minimum Gasteiger partial charge on any atom is -0.465 e. The summed E-state index contributed by atoms with van der Waals surface area (Å²) in [4.78, 5) is 32.1. The molecule has 0 saturated carbocycles. The highest BCUT2D eigenvalue weighted by Gasteiger charge is 2.21. The lowest BCUT2D eigenvalue weighted by molar-refractivity contribution is -0.385. The summed E-state index contributed by atoms with van der Waals surface area (Å²) >= 11 is 0. The molecule has 0 spiro atoms. The number of nitrogens with one attached hydrogen (secondary N) is 2. The van der Waals surface area contributed by atoms with Crippen LogP contribution in [0.15, 0.2) is 42.5 Å². The monoisotopic (exact) mass is 360 g/mol. The molecule has 2 aromatic rings. The van der Waals surface area contributed by atoms with Gasteiger partial charge in [0.25, 0.3) is 11.4 Å². The van der Waals surface area contributed by atoms with Gasteiger partial charge in [0.1, 0.15) is 5.56 Å². The third kappa shape index (κ3) is 4.66. The Morgan fingerprint density at radius 3 is 2.08 bits per heavy atom. The molecule has 0 aliphatic rings. The molecule has 0 unspecified atom stereocenters. The normalized spacial score (nSPS) is 10.0. The van der Waals surface area contributed by atoms with Gasteiger partial charge >= 0.3 is 5.97 Å². The Balaban J connectivity index is 1.94. The molecule has 0 saturated heterocycles. The van der Waals surface area contributed by atoms with Gasteiger partial charge in [0.05, 0.1) is 17.0 Å². The number of carbonyl (C=O) groups excluding carboxylic acids is 1. The number of non-ortho nitro benzene ring substituents is 1. The quantitative estimate of drug-likeness (QED) is 0.317. The molecule has 2 aromatic carbocycles. The van der Waals surface area contributed by atoms with Crippen LogP contribution in [-0.4, -0.2) is 36.0 Å². The summed E-state index contributed by atoms with van der Waals surface area (Å²) in [6, 6.07) is 10.1. The number of ether oxygens (including phenoxy) is 1. The van der Waals surface area contributed by atoms with Crippen molar-refractivity contribution in [3.05, 3.63) is 68.3 Å². The van der Waals surface area contributed by atoms with Gasteiger partial charge in [-0.15, -0.1) is 0 Å². The molecule has 0 atom stereocenters. The largest absolute Gasteiger partial charge is 0.465 e. The van der Waals surface area contributed by atoms with E-state index < -0.39 is 15.8 Å². The fourth-order valence-electron chi connectivity index (χ4n) is 2.19. The lowest BCUT2D eigenvalue weighted by atomic mass is 10.1. The topological polar surface area (TPSA) is 137 Å². The summed E-state index contributed by atoms with van der Waals surface area (Å²) in [7, 11) is 1.15. The van der Waals surface area contributed by atoms with Gasteiger partial charge in [-0.05, 0) is 24.3 Å². The Morgan fingerprint density at radius 2 is 1.54 bits per heavy atom. The molecular weight excluding hydrogens is 344 g/mol. The molecule has 136 valence electrons. The SMILES string of the molecule is COC(=O)c1cc(NCCNc2ccc([N+](=O)[O-])cc2)ccc1[N+](=O)[O-]. The molecule has 26 heavy (non-hydrogen) atoms. The Labute approximate surface area is 148 Å². The number of benzene rings is 2. The molecular formula is C16H16N4O6. The molecule has 0 aromatic heterocycles. The molecule has 0 fully saturated rings. The molecule has 0 amide bonds. The summed E-state index contributed by atoms with van der Waals surface area (Å²) in [6.45, 7) is 0.942. The van der Waals surface area contributed by atoms with Gasteiger partial charge < -0.3 is 15.4 Å². The minimum absolute atomic E-state index is 0.00916. The number of anilines is 2. The zero-order valence-electron chi connectivity index (χ0n) is 13.8. The van der Waals surface area contributed by atoms with E-state index >= 15 is 0 Å². The lowest BCUT2D eigenvalue weighted by Gasteiger charge is -2.10. The predicted molar refractivity (Wildman–Crippen MR) is 94.5 cm³/mol. The Kier molecular flexibility index (Phi) is 6.04. The first-order chi connectivity index (χ1) is 12.4. The molecule has 10 heteroatoms. The second kappa shape index (κ2) is 8.42. The minimum atomic E-state index is -0.788. The van der Waals surface area contributed by atoms with Crippen molar-refractivity contribution in [1.82, 2.24) is 0 Å². The van der Waals surface area contributed by atoms with E-state index in [-0.39, 0.29) is 16.9 Å². The number of hydrogen-bond acceptors (Lipinski definition) is 8. The number of carbonyl (C=O) groups is 1. The van der Waals surface area contributed by atoms with Crippen molar-refractivity contribution in [1.29, 1.82) is 0 Å². The molecule has 0 bridgehead atoms. The van der Waals surface area contributed by atoms with Gasteiger partial charge in [0.2, 0.25) is 0 Å². The van der Waals surface area contributed by atoms with Crippen LogP contribution in [0, 0.1) is 20.2 Å². The van der Waals surface area contributed by atoms with Crippen molar-refractivity contribution in [3.63, 3.8) is 0 Å². The Bertz CT molecular complexity index is 822. The highest BCUT2D eigenvalue weighted by Crippen LogP contribution is 2.23. The summed E-state index contributed by atoms with van der Waals surface area (Å²) in [6.07, 6.45) is 0. The molecule has 2 rings (SSSR count). The summed E-state index contributed by atoms with van der Waals surface area (Å²) in [5.74, 6) is -0.788. The number of rotatable bonds is 8. The number of methoxy groups -OCH3 is 1. The van der Waals surface area contributed by atoms with Crippen LogP contribution in [0.25, 0.3) is 0 Å². The average Bonchev–Trinajstić information content (AvgIpc) is 2.64. The van der Waals surface area contributed by atoms with Crippen molar-refractivity contribution in [3.8, 4) is 0 Å². The van der Waals surface area contributed by atoms with E-state index in [0.29, 0.717) is 18.8 Å². The summed E-state index contributed by atoms with van der Waals surface area (Å²) in [5.41, 5.74) is 0.796. The van der Waals surface area contributed by atoms with Crippen LogP contribution in [0.2, 0.25) is 0 Å². The fourth-order valence-corrected chi connectivity index (χ4v) is 2.19. The number of nitro groups is 2. The zero-order valence-corrected chi connectivity index (χ0v) is 13.8. The first-order valence-electron chi connectivity index (χ1n) is 7.51. The highest BCUT2D eigenvalue weighted by molar-refractivity contribution is 5.95. The van der Waals surface area contributed by atoms with Crippen LogP contribution in [0.3, 0.4) is 0 Å². The van der Waals surface area contributed by atoms with Crippen LogP contribution in [0.1, 0.15) is 10.4 Å². The number of esters is 1. The second-order valence-electron chi connectivity index (χ2n) is 5.14. The van der Waals surface area contributed by atoms with Crippen LogP contribution >= 0.6 is 0 Å². The van der Waals surface area contributed by atoms with E-state index in [1.807, 2.05) is 0 Å². The third-order valence-corrected chi connectivity index (χ3v) is 3.46. The molecule has 0 heterocycles. The van der Waals surface area contributed by atoms with E-state index in [9.17, 15) is 25.0 Å². The van der Waals surface area contributed by atoms with Crippen molar-refractivity contribution in [2.75, 3.05) is 30.8 Å². The van der Waals surface area contributed by atoms with Gasteiger partial charge in [0, 0.05) is 42.7 Å². The smallest absolute Gasteiger partial charge is 0.344 e. The van der Waals surface area contributed by atoms with Crippen LogP contribution in [-0.2, 0) is 4.74 Å². The Morgan fingerprint density at radius 1 is 0.962 bits per heavy atom. The van der Waals surface area contributed by atoms with E-state index in [0.717, 1.165) is 12.8 Å². The van der Waals surface area contributed by atoms with Gasteiger partial charge in [-0.1, -0.05) is 0 Å². The maximum Gasteiger partial charge on any atom is 0.344 e. The third-order valence-electron chi connectivity index (χ3n) is 3.46. The number of hydrogen-bond donors (Lipinski definition) is 2. The van der Waals surface area contributed by atoms with Crippen LogP contribution in [0.5, 0.6) is 0 Å². The highest BCUT2D eigenvalue weighted by atomic mass is 16.6. The van der Waals surface area contributed by atoms with Gasteiger partial charge in [-0.3, -0.25) is 20.2 Å². The van der Waals surface area contributed by atoms with Crippen molar-refractivity contribution in [2.24, 2.45) is 0 Å². The molecule has 10 nitrogen and oxygen atoms in total. The molecule has 0 aliphatic heterocycles. The van der Waals surface area contributed by atoms with Gasteiger partial charge in [-0.2, -0.15) is 0 Å². The molecule has 0 aliphatic carbocycles. The fraction of sp³-hybridized carbons (Fsp3) is 0.188. The predicted octanol–water partition coefficient (Wildman–Crippen LogP) is 2.81. The van der Waals surface area contributed by atoms with Crippen molar-refractivity contribution < 1.29 is 19.4 Å². The van der Waals surface area contributed by atoms with Crippen molar-refractivity contribution >= 4 is 28.7 Å². The van der Waals surface area contributed by atoms with Gasteiger partial charge in [-0.25, -0.2) is 4.79 Å².